The Morgan fingerprint density at radius 1 is 1.19 bits per heavy atom. The molecule has 2 aliphatic rings. The van der Waals surface area contributed by atoms with Crippen molar-refractivity contribution in [1.82, 2.24) is 10.6 Å². The molecule has 26 heavy (non-hydrogen) atoms. The Balaban J connectivity index is 1.73. The fourth-order valence-electron chi connectivity index (χ4n) is 3.63. The number of piperazine rings is 1. The van der Waals surface area contributed by atoms with Gasteiger partial charge in [-0.3, -0.25) is 4.79 Å². The summed E-state index contributed by atoms with van der Waals surface area (Å²) in [6, 6.07) is 3.11. The van der Waals surface area contributed by atoms with Crippen molar-refractivity contribution in [2.75, 3.05) is 33.0 Å². The van der Waals surface area contributed by atoms with Crippen LogP contribution in [0.2, 0.25) is 0 Å². The van der Waals surface area contributed by atoms with Crippen molar-refractivity contribution >= 4 is 17.6 Å². The Kier molecular flexibility index (Phi) is 5.22. The smallest absolute Gasteiger partial charge is 0.340 e. The molecule has 1 heterocycles. The Morgan fingerprint density at radius 2 is 1.92 bits per heavy atom. The third kappa shape index (κ3) is 3.41. The summed E-state index contributed by atoms with van der Waals surface area (Å²) in [5.41, 5.74) is 5.92. The molecule has 1 spiro atoms. The summed E-state index contributed by atoms with van der Waals surface area (Å²) < 4.78 is 16.2. The maximum atomic E-state index is 12.2. The largest absolute Gasteiger partial charge is 0.493 e. The minimum Gasteiger partial charge on any atom is -0.493 e. The molecule has 142 valence electrons. The lowest BCUT2D eigenvalue weighted by molar-refractivity contribution is -0.131. The van der Waals surface area contributed by atoms with Gasteiger partial charge in [0.2, 0.25) is 5.91 Å². The summed E-state index contributed by atoms with van der Waals surface area (Å²) in [6.45, 7) is 1.45. The Hall–Kier alpha value is -2.48. The van der Waals surface area contributed by atoms with Crippen molar-refractivity contribution in [3.8, 4) is 11.5 Å². The zero-order chi connectivity index (χ0) is 18.7. The molecule has 2 fully saturated rings. The number of hydrogen-bond acceptors (Lipinski definition) is 7. The van der Waals surface area contributed by atoms with E-state index in [9.17, 15) is 9.59 Å². The quantitative estimate of drug-likeness (QED) is 0.537. The summed E-state index contributed by atoms with van der Waals surface area (Å²) in [4.78, 5) is 24.1. The molecule has 3 rings (SSSR count). The van der Waals surface area contributed by atoms with Crippen molar-refractivity contribution < 1.29 is 23.8 Å². The van der Waals surface area contributed by atoms with Crippen LogP contribution in [0.4, 0.5) is 5.69 Å². The van der Waals surface area contributed by atoms with Gasteiger partial charge in [0, 0.05) is 25.2 Å². The molecule has 1 saturated carbocycles. The standard InChI is InChI=1S/C18H25N3O5/c1-24-14-10-13(19)12(16(22)25-2)9-15(14)26-11-3-5-18(6-4-11)17(23)20-7-8-21-18/h9-11,21H,3-8,19H2,1-2H3,(H,20,23)/t11-,18-. The van der Waals surface area contributed by atoms with E-state index in [1.807, 2.05) is 0 Å². The molecule has 1 aliphatic heterocycles. The number of esters is 1. The first-order chi connectivity index (χ1) is 12.5. The van der Waals surface area contributed by atoms with E-state index in [1.54, 1.807) is 12.1 Å². The van der Waals surface area contributed by atoms with Crippen LogP contribution in [-0.2, 0) is 9.53 Å². The highest BCUT2D eigenvalue weighted by molar-refractivity contribution is 5.96. The molecule has 1 saturated heterocycles. The van der Waals surface area contributed by atoms with E-state index in [4.69, 9.17) is 19.9 Å². The molecule has 1 aromatic carbocycles. The first kappa shape index (κ1) is 18.3. The topological polar surface area (TPSA) is 112 Å². The average Bonchev–Trinajstić information content (AvgIpc) is 2.66. The lowest BCUT2D eigenvalue weighted by atomic mass is 9.78. The molecule has 0 unspecified atom stereocenters. The van der Waals surface area contributed by atoms with E-state index in [0.29, 0.717) is 30.9 Å². The molecule has 0 atom stereocenters. The predicted molar refractivity (Wildman–Crippen MR) is 95.4 cm³/mol. The van der Waals surface area contributed by atoms with E-state index in [0.717, 1.165) is 19.4 Å². The second-order valence-electron chi connectivity index (χ2n) is 6.66. The summed E-state index contributed by atoms with van der Waals surface area (Å²) in [5, 5.41) is 6.29. The van der Waals surface area contributed by atoms with E-state index in [-0.39, 0.29) is 23.3 Å². The lowest BCUT2D eigenvalue weighted by Gasteiger charge is -2.42. The monoisotopic (exact) mass is 363 g/mol. The minimum atomic E-state index is -0.527. The van der Waals surface area contributed by atoms with Crippen LogP contribution in [0.15, 0.2) is 12.1 Å². The number of rotatable bonds is 4. The molecule has 4 N–H and O–H groups in total. The number of nitrogens with two attached hydrogens (primary N) is 1. The molecule has 8 heteroatoms. The van der Waals surface area contributed by atoms with Gasteiger partial charge in [0.05, 0.1) is 37.1 Å². The van der Waals surface area contributed by atoms with Crippen molar-refractivity contribution in [1.29, 1.82) is 0 Å². The summed E-state index contributed by atoms with van der Waals surface area (Å²) in [6.07, 6.45) is 2.78. The highest BCUT2D eigenvalue weighted by Gasteiger charge is 2.43. The lowest BCUT2D eigenvalue weighted by Crippen LogP contribution is -2.64. The van der Waals surface area contributed by atoms with Crippen molar-refractivity contribution in [2.45, 2.75) is 37.3 Å². The van der Waals surface area contributed by atoms with Crippen LogP contribution in [0.5, 0.6) is 11.5 Å². The molecule has 1 amide bonds. The van der Waals surface area contributed by atoms with E-state index >= 15 is 0 Å². The number of hydrogen-bond donors (Lipinski definition) is 3. The summed E-state index contributed by atoms with van der Waals surface area (Å²) in [7, 11) is 2.82. The van der Waals surface area contributed by atoms with Crippen LogP contribution in [0, 0.1) is 0 Å². The highest BCUT2D eigenvalue weighted by atomic mass is 16.5. The molecular formula is C18H25N3O5. The number of ether oxygens (including phenoxy) is 3. The van der Waals surface area contributed by atoms with Crippen LogP contribution in [0.25, 0.3) is 0 Å². The molecule has 1 aliphatic carbocycles. The Labute approximate surface area is 152 Å². The number of carbonyl (C=O) groups excluding carboxylic acids is 2. The van der Waals surface area contributed by atoms with Gasteiger partial charge in [-0.1, -0.05) is 0 Å². The van der Waals surface area contributed by atoms with Crippen molar-refractivity contribution in [2.24, 2.45) is 0 Å². The Bertz CT molecular complexity index is 698. The number of methoxy groups -OCH3 is 2. The van der Waals surface area contributed by atoms with Gasteiger partial charge in [-0.05, 0) is 25.7 Å². The number of benzene rings is 1. The zero-order valence-electron chi connectivity index (χ0n) is 15.1. The summed E-state index contributed by atoms with van der Waals surface area (Å²) in [5.74, 6) is 0.453. The fraction of sp³-hybridized carbons (Fsp3) is 0.556. The van der Waals surface area contributed by atoms with Gasteiger partial charge in [-0.15, -0.1) is 0 Å². The van der Waals surface area contributed by atoms with Gasteiger partial charge in [0.15, 0.2) is 11.5 Å². The maximum Gasteiger partial charge on any atom is 0.340 e. The maximum absolute atomic E-state index is 12.2. The van der Waals surface area contributed by atoms with Crippen molar-refractivity contribution in [3.63, 3.8) is 0 Å². The van der Waals surface area contributed by atoms with E-state index in [1.165, 1.54) is 14.2 Å². The molecule has 8 nitrogen and oxygen atoms in total. The number of amides is 1. The fourth-order valence-corrected chi connectivity index (χ4v) is 3.63. The number of carbonyl (C=O) groups is 2. The number of anilines is 1. The van der Waals surface area contributed by atoms with Crippen LogP contribution in [0.3, 0.4) is 0 Å². The van der Waals surface area contributed by atoms with Gasteiger partial charge in [-0.25, -0.2) is 4.79 Å². The van der Waals surface area contributed by atoms with Gasteiger partial charge < -0.3 is 30.6 Å². The van der Waals surface area contributed by atoms with Crippen LogP contribution < -0.4 is 25.8 Å². The first-order valence-corrected chi connectivity index (χ1v) is 8.75. The van der Waals surface area contributed by atoms with Gasteiger partial charge in [-0.2, -0.15) is 0 Å². The second-order valence-corrected chi connectivity index (χ2v) is 6.66. The molecule has 0 aromatic heterocycles. The van der Waals surface area contributed by atoms with Crippen molar-refractivity contribution in [3.05, 3.63) is 17.7 Å². The van der Waals surface area contributed by atoms with E-state index < -0.39 is 11.5 Å². The third-order valence-electron chi connectivity index (χ3n) is 5.13. The summed E-state index contributed by atoms with van der Waals surface area (Å²) >= 11 is 0. The van der Waals surface area contributed by atoms with Crippen LogP contribution in [-0.4, -0.2) is 50.8 Å². The van der Waals surface area contributed by atoms with Crippen LogP contribution in [0.1, 0.15) is 36.0 Å². The number of nitrogen functional groups attached to an aromatic ring is 1. The number of nitrogens with one attached hydrogen (secondary N) is 2. The van der Waals surface area contributed by atoms with Gasteiger partial charge in [0.25, 0.3) is 0 Å². The highest BCUT2D eigenvalue weighted by Crippen LogP contribution is 2.37. The normalized spacial score (nSPS) is 25.5. The minimum absolute atomic E-state index is 0.0693. The first-order valence-electron chi connectivity index (χ1n) is 8.75. The molecule has 0 radical (unpaired) electrons. The van der Waals surface area contributed by atoms with Crippen LogP contribution >= 0.6 is 0 Å². The van der Waals surface area contributed by atoms with Gasteiger partial charge >= 0.3 is 5.97 Å². The van der Waals surface area contributed by atoms with Gasteiger partial charge in [0.1, 0.15) is 0 Å². The van der Waals surface area contributed by atoms with E-state index in [2.05, 4.69) is 10.6 Å². The second kappa shape index (κ2) is 7.41. The predicted octanol–water partition coefficient (Wildman–Crippen LogP) is 0.844. The third-order valence-corrected chi connectivity index (χ3v) is 5.13. The zero-order valence-corrected chi connectivity index (χ0v) is 15.1. The molecular weight excluding hydrogens is 338 g/mol. The molecule has 1 aromatic rings. The molecule has 0 bridgehead atoms. The Morgan fingerprint density at radius 3 is 2.54 bits per heavy atom. The SMILES string of the molecule is COC(=O)c1cc(O[C@H]2CC[C@@]3(CC2)NCCNC3=O)c(OC)cc1N. The average molecular weight is 363 g/mol.